The predicted molar refractivity (Wildman–Crippen MR) is 87.2 cm³/mol. The van der Waals surface area contributed by atoms with E-state index in [1.807, 2.05) is 0 Å². The molecule has 0 aromatic heterocycles. The summed E-state index contributed by atoms with van der Waals surface area (Å²) < 4.78 is 41.3. The molecular formula is C16H20F3N3O4. The van der Waals surface area contributed by atoms with E-state index in [0.29, 0.717) is 12.5 Å². The molecule has 0 bridgehead atoms. The highest BCUT2D eigenvalue weighted by molar-refractivity contribution is 5.98. The van der Waals surface area contributed by atoms with Crippen LogP contribution in [-0.4, -0.2) is 43.2 Å². The molecule has 1 saturated heterocycles. The van der Waals surface area contributed by atoms with Crippen LogP contribution in [0.25, 0.3) is 0 Å². The van der Waals surface area contributed by atoms with Gasteiger partial charge >= 0.3 is 6.18 Å². The van der Waals surface area contributed by atoms with Crippen molar-refractivity contribution in [1.29, 1.82) is 0 Å². The third-order valence-corrected chi connectivity index (χ3v) is 4.05. The van der Waals surface area contributed by atoms with Gasteiger partial charge in [-0.25, -0.2) is 0 Å². The number of nitrogens with zero attached hydrogens (tertiary/aromatic N) is 1. The fraction of sp³-hybridized carbons (Fsp3) is 0.562. The van der Waals surface area contributed by atoms with Crippen LogP contribution in [0, 0.1) is 16.0 Å². The number of benzene rings is 1. The molecule has 1 amide bonds. The van der Waals surface area contributed by atoms with E-state index >= 15 is 0 Å². The highest BCUT2D eigenvalue weighted by Crippen LogP contribution is 2.26. The topological polar surface area (TPSA) is 93.5 Å². The lowest BCUT2D eigenvalue weighted by atomic mass is 9.96. The maximum absolute atomic E-state index is 12.3. The van der Waals surface area contributed by atoms with E-state index in [1.54, 1.807) is 0 Å². The second-order valence-electron chi connectivity index (χ2n) is 6.10. The first kappa shape index (κ1) is 20.0. The van der Waals surface area contributed by atoms with Crippen LogP contribution in [0.5, 0.6) is 5.75 Å². The van der Waals surface area contributed by atoms with Crippen LogP contribution in [0.15, 0.2) is 18.2 Å². The van der Waals surface area contributed by atoms with E-state index in [4.69, 9.17) is 0 Å². The van der Waals surface area contributed by atoms with Crippen molar-refractivity contribution in [1.82, 2.24) is 10.6 Å². The molecule has 1 aliphatic heterocycles. The molecule has 0 aliphatic carbocycles. The summed E-state index contributed by atoms with van der Waals surface area (Å²) in [6.07, 6.45) is -1.72. The molecule has 1 aromatic carbocycles. The van der Waals surface area contributed by atoms with Crippen molar-refractivity contribution >= 4 is 11.6 Å². The summed E-state index contributed by atoms with van der Waals surface area (Å²) in [5.41, 5.74) is -0.808. The third-order valence-electron chi connectivity index (χ3n) is 4.05. The van der Waals surface area contributed by atoms with Gasteiger partial charge in [0.15, 0.2) is 6.61 Å². The highest BCUT2D eigenvalue weighted by Gasteiger charge is 2.29. The quantitative estimate of drug-likeness (QED) is 0.565. The Morgan fingerprint density at radius 3 is 2.81 bits per heavy atom. The summed E-state index contributed by atoms with van der Waals surface area (Å²) in [6, 6.07) is 2.96. The fourth-order valence-corrected chi connectivity index (χ4v) is 2.77. The molecule has 2 rings (SSSR count). The standard InChI is InChI=1S/C16H20F3N3O4/c17-16(18,19)10-26-12-3-4-14(22(24)25)13(8-12)15(23)21-7-5-11-2-1-6-20-9-11/h3-4,8,11,20H,1-2,5-7,9-10H2,(H,21,23). The van der Waals surface area contributed by atoms with Gasteiger partial charge in [-0.05, 0) is 50.4 Å². The minimum atomic E-state index is -4.54. The molecule has 1 unspecified atom stereocenters. The van der Waals surface area contributed by atoms with Crippen LogP contribution in [0.2, 0.25) is 0 Å². The van der Waals surface area contributed by atoms with Gasteiger partial charge in [0.1, 0.15) is 11.3 Å². The van der Waals surface area contributed by atoms with Gasteiger partial charge in [-0.15, -0.1) is 0 Å². The van der Waals surface area contributed by atoms with Gasteiger partial charge in [0, 0.05) is 12.6 Å². The van der Waals surface area contributed by atoms with Crippen molar-refractivity contribution in [2.24, 2.45) is 5.92 Å². The zero-order chi connectivity index (χ0) is 19.2. The van der Waals surface area contributed by atoms with Crippen LogP contribution < -0.4 is 15.4 Å². The second kappa shape index (κ2) is 8.84. The summed E-state index contributed by atoms with van der Waals surface area (Å²) in [5, 5.41) is 16.9. The molecule has 10 heteroatoms. The molecule has 1 fully saturated rings. The first-order chi connectivity index (χ1) is 12.3. The second-order valence-corrected chi connectivity index (χ2v) is 6.10. The lowest BCUT2D eigenvalue weighted by Crippen LogP contribution is -2.33. The van der Waals surface area contributed by atoms with Gasteiger partial charge in [-0.1, -0.05) is 0 Å². The van der Waals surface area contributed by atoms with Gasteiger partial charge in [0.25, 0.3) is 11.6 Å². The number of nitro groups is 1. The third kappa shape index (κ3) is 6.17. The number of piperidine rings is 1. The SMILES string of the molecule is O=C(NCCC1CCCNC1)c1cc(OCC(F)(F)F)ccc1[N+](=O)[O-]. The molecule has 2 N–H and O–H groups in total. The van der Waals surface area contributed by atoms with Gasteiger partial charge in [0.05, 0.1) is 4.92 Å². The van der Waals surface area contributed by atoms with Crippen molar-refractivity contribution in [3.63, 3.8) is 0 Å². The summed E-state index contributed by atoms with van der Waals surface area (Å²) in [7, 11) is 0. The summed E-state index contributed by atoms with van der Waals surface area (Å²) in [4.78, 5) is 22.6. The first-order valence-electron chi connectivity index (χ1n) is 8.23. The first-order valence-corrected chi connectivity index (χ1v) is 8.23. The number of alkyl halides is 3. The molecule has 0 saturated carbocycles. The lowest BCUT2D eigenvalue weighted by molar-refractivity contribution is -0.385. The largest absolute Gasteiger partial charge is 0.484 e. The average Bonchev–Trinajstić information content (AvgIpc) is 2.60. The summed E-state index contributed by atoms with van der Waals surface area (Å²) in [6.45, 7) is 0.618. The van der Waals surface area contributed by atoms with Crippen molar-refractivity contribution in [2.45, 2.75) is 25.4 Å². The Kier molecular flexibility index (Phi) is 6.78. The van der Waals surface area contributed by atoms with E-state index in [1.165, 1.54) is 0 Å². The van der Waals surface area contributed by atoms with Crippen LogP contribution in [0.3, 0.4) is 0 Å². The van der Waals surface area contributed by atoms with Crippen molar-refractivity contribution in [2.75, 3.05) is 26.2 Å². The number of ether oxygens (including phenoxy) is 1. The summed E-state index contributed by atoms with van der Waals surface area (Å²) in [5.74, 6) is -0.548. The number of halogens is 3. The maximum atomic E-state index is 12.3. The molecule has 7 nitrogen and oxygen atoms in total. The lowest BCUT2D eigenvalue weighted by Gasteiger charge is -2.22. The molecule has 1 aromatic rings. The number of amides is 1. The van der Waals surface area contributed by atoms with Crippen molar-refractivity contribution in [3.05, 3.63) is 33.9 Å². The number of nitro benzene ring substituents is 1. The Morgan fingerprint density at radius 2 is 2.19 bits per heavy atom. The molecule has 0 spiro atoms. The van der Waals surface area contributed by atoms with E-state index in [-0.39, 0.29) is 11.3 Å². The smallest absolute Gasteiger partial charge is 0.422 e. The number of rotatable bonds is 7. The minimum Gasteiger partial charge on any atom is -0.484 e. The minimum absolute atomic E-state index is 0.255. The number of hydrogen-bond donors (Lipinski definition) is 2. The van der Waals surface area contributed by atoms with E-state index in [0.717, 1.165) is 50.6 Å². The number of carbonyl (C=O) groups excluding carboxylic acids is 1. The van der Waals surface area contributed by atoms with Gasteiger partial charge in [-0.2, -0.15) is 13.2 Å². The van der Waals surface area contributed by atoms with E-state index in [2.05, 4.69) is 15.4 Å². The summed E-state index contributed by atoms with van der Waals surface area (Å²) >= 11 is 0. The monoisotopic (exact) mass is 375 g/mol. The number of carbonyl (C=O) groups is 1. The van der Waals surface area contributed by atoms with Crippen LogP contribution in [-0.2, 0) is 0 Å². The maximum Gasteiger partial charge on any atom is 0.422 e. The van der Waals surface area contributed by atoms with Gasteiger partial charge in [-0.3, -0.25) is 14.9 Å². The van der Waals surface area contributed by atoms with E-state index < -0.39 is 29.3 Å². The Balaban J connectivity index is 2.01. The van der Waals surface area contributed by atoms with Crippen LogP contribution in [0.4, 0.5) is 18.9 Å². The molecule has 1 aliphatic rings. The Morgan fingerprint density at radius 1 is 1.42 bits per heavy atom. The molecule has 144 valence electrons. The molecule has 0 radical (unpaired) electrons. The Labute approximate surface area is 148 Å². The fourth-order valence-electron chi connectivity index (χ4n) is 2.77. The van der Waals surface area contributed by atoms with E-state index in [9.17, 15) is 28.1 Å². The Hall–Kier alpha value is -2.36. The number of hydrogen-bond acceptors (Lipinski definition) is 5. The normalized spacial score (nSPS) is 17.6. The van der Waals surface area contributed by atoms with Crippen LogP contribution in [0.1, 0.15) is 29.6 Å². The van der Waals surface area contributed by atoms with Gasteiger partial charge < -0.3 is 15.4 Å². The molecular weight excluding hydrogens is 355 g/mol. The zero-order valence-corrected chi connectivity index (χ0v) is 14.0. The van der Waals surface area contributed by atoms with Gasteiger partial charge in [0.2, 0.25) is 0 Å². The zero-order valence-electron chi connectivity index (χ0n) is 14.0. The van der Waals surface area contributed by atoms with Crippen molar-refractivity contribution in [3.8, 4) is 5.75 Å². The van der Waals surface area contributed by atoms with Crippen LogP contribution >= 0.6 is 0 Å². The number of nitrogens with one attached hydrogen (secondary N) is 2. The average molecular weight is 375 g/mol. The predicted octanol–water partition coefficient (Wildman–Crippen LogP) is 2.66. The highest BCUT2D eigenvalue weighted by atomic mass is 19.4. The molecule has 26 heavy (non-hydrogen) atoms. The Bertz CT molecular complexity index is 646. The molecule has 1 atom stereocenters. The van der Waals surface area contributed by atoms with Crippen molar-refractivity contribution < 1.29 is 27.6 Å². The molecule has 1 heterocycles.